The van der Waals surface area contributed by atoms with E-state index in [0.717, 1.165) is 0 Å². The van der Waals surface area contributed by atoms with Crippen LogP contribution in [0, 0.1) is 22.7 Å². The summed E-state index contributed by atoms with van der Waals surface area (Å²) in [6, 6.07) is 0. The molecule has 8 heteroatoms. The van der Waals surface area contributed by atoms with Gasteiger partial charge in [0, 0.05) is 23.0 Å². The number of aliphatic hydroxyl groups excluding tert-OH is 2. The van der Waals surface area contributed by atoms with Gasteiger partial charge in [-0.25, -0.2) is 0 Å². The van der Waals surface area contributed by atoms with Gasteiger partial charge in [0.1, 0.15) is 22.7 Å². The third kappa shape index (κ3) is 2.15. The summed E-state index contributed by atoms with van der Waals surface area (Å²) in [5.41, 5.74) is -7.52. The lowest BCUT2D eigenvalue weighted by Crippen LogP contribution is -2.74. The van der Waals surface area contributed by atoms with Crippen molar-refractivity contribution in [2.45, 2.75) is 64.3 Å². The smallest absolute Gasteiger partial charge is 0.210 e. The standard InChI is InChI=1S/C28H32O8/c1-7-9-11-13-15(29)17-19-23(3)22(32)18(16(30)14-12-10-8-2)20-24(4,21(17)31)28(34)25(19,5)35-27(23,33)26(20,6)36-28/h7-14,19-20,29-30,33-34H,1-6H3/b9-7+,10-8+,13-11+,14-12+,17-15-,18-16+/t19-,20+,23-,24-,25+,26+,27+,28-/m1/s1. The second kappa shape index (κ2) is 6.95. The van der Waals surface area contributed by atoms with Crippen LogP contribution in [0.2, 0.25) is 0 Å². The van der Waals surface area contributed by atoms with Crippen molar-refractivity contribution in [2.75, 3.05) is 0 Å². The van der Waals surface area contributed by atoms with E-state index in [4.69, 9.17) is 9.47 Å². The lowest BCUT2D eigenvalue weighted by Gasteiger charge is -2.58. The highest BCUT2D eigenvalue weighted by Crippen LogP contribution is 2.83. The van der Waals surface area contributed by atoms with Crippen molar-refractivity contribution in [1.82, 2.24) is 0 Å². The molecule has 0 aromatic carbocycles. The van der Waals surface area contributed by atoms with Crippen LogP contribution in [0.3, 0.4) is 0 Å². The van der Waals surface area contributed by atoms with Gasteiger partial charge in [-0.3, -0.25) is 9.59 Å². The summed E-state index contributed by atoms with van der Waals surface area (Å²) in [4.78, 5) is 28.7. The molecule has 0 aromatic heterocycles. The van der Waals surface area contributed by atoms with E-state index in [0.29, 0.717) is 0 Å². The number of rotatable bonds is 4. The van der Waals surface area contributed by atoms with Crippen LogP contribution >= 0.6 is 0 Å². The molecule has 2 heterocycles. The average Bonchev–Trinajstić information content (AvgIpc) is 3.12. The van der Waals surface area contributed by atoms with E-state index in [1.807, 2.05) is 0 Å². The van der Waals surface area contributed by atoms with E-state index in [1.54, 1.807) is 50.3 Å². The minimum Gasteiger partial charge on any atom is -0.508 e. The van der Waals surface area contributed by atoms with Gasteiger partial charge in [-0.2, -0.15) is 0 Å². The van der Waals surface area contributed by atoms with Crippen molar-refractivity contribution >= 4 is 11.6 Å². The fourth-order valence-corrected chi connectivity index (χ4v) is 7.94. The topological polar surface area (TPSA) is 134 Å². The van der Waals surface area contributed by atoms with Gasteiger partial charge in [-0.05, 0) is 53.7 Å². The Morgan fingerprint density at radius 2 is 1.03 bits per heavy atom. The average molecular weight is 497 g/mol. The van der Waals surface area contributed by atoms with E-state index < -0.39 is 57.0 Å². The summed E-state index contributed by atoms with van der Waals surface area (Å²) in [5, 5.41) is 46.6. The SMILES string of the molecule is C/C=C/C=C/C(O)=C1/C(=O)[C@@]2(C)[C@@H]3/C(=C(O)/C=C/C=C/C)C(=O)[C@@]4(C)[C@@H]1[C@]1(C)O[C@]4(O)[C@@]3(C)O[C@@]12O. The molecule has 0 aromatic rings. The van der Waals surface area contributed by atoms with Gasteiger partial charge in [0.2, 0.25) is 11.6 Å². The maximum absolute atomic E-state index is 14.3. The summed E-state index contributed by atoms with van der Waals surface area (Å²) in [7, 11) is 0. The molecule has 5 fully saturated rings. The summed E-state index contributed by atoms with van der Waals surface area (Å²) in [6.45, 7) is 9.48. The first-order valence-electron chi connectivity index (χ1n) is 12.1. The molecule has 3 aliphatic carbocycles. The van der Waals surface area contributed by atoms with Crippen molar-refractivity contribution in [2.24, 2.45) is 22.7 Å². The first kappa shape index (κ1) is 24.9. The van der Waals surface area contributed by atoms with Crippen LogP contribution in [0.15, 0.2) is 71.3 Å². The van der Waals surface area contributed by atoms with Gasteiger partial charge < -0.3 is 29.9 Å². The van der Waals surface area contributed by atoms with Gasteiger partial charge in [-0.1, -0.05) is 36.5 Å². The van der Waals surface area contributed by atoms with Crippen LogP contribution in [0.5, 0.6) is 0 Å². The number of Topliss-reactive ketones (excluding diaryl/α,β-unsaturated/α-hetero) is 2. The molecule has 36 heavy (non-hydrogen) atoms. The summed E-state index contributed by atoms with van der Waals surface area (Å²) >= 11 is 0. The number of hydrogen-bond donors (Lipinski definition) is 4. The molecule has 0 spiro atoms. The molecule has 0 unspecified atom stereocenters. The van der Waals surface area contributed by atoms with Crippen LogP contribution in [0.1, 0.15) is 41.5 Å². The van der Waals surface area contributed by atoms with Crippen molar-refractivity contribution in [3.63, 3.8) is 0 Å². The molecule has 5 aliphatic rings. The lowest BCUT2D eigenvalue weighted by molar-refractivity contribution is -0.450. The monoisotopic (exact) mass is 496 g/mol. The van der Waals surface area contributed by atoms with Gasteiger partial charge in [0.25, 0.3) is 0 Å². The molecular weight excluding hydrogens is 464 g/mol. The van der Waals surface area contributed by atoms with E-state index in [9.17, 15) is 30.0 Å². The number of hydrogen-bond acceptors (Lipinski definition) is 8. The van der Waals surface area contributed by atoms with Crippen LogP contribution in [-0.2, 0) is 19.1 Å². The number of aliphatic hydroxyl groups is 4. The Hall–Kier alpha value is -2.78. The summed E-state index contributed by atoms with van der Waals surface area (Å²) in [6.07, 6.45) is 12.6. The molecule has 2 aliphatic heterocycles. The Kier molecular flexibility index (Phi) is 4.81. The quantitative estimate of drug-likeness (QED) is 0.265. The molecule has 192 valence electrons. The second-order valence-electron chi connectivity index (χ2n) is 11.0. The highest BCUT2D eigenvalue weighted by molar-refractivity contribution is 6.13. The Morgan fingerprint density at radius 3 is 1.33 bits per heavy atom. The molecule has 8 atom stereocenters. The van der Waals surface area contributed by atoms with Crippen LogP contribution in [0.4, 0.5) is 0 Å². The fourth-order valence-electron chi connectivity index (χ4n) is 7.94. The third-order valence-electron chi connectivity index (χ3n) is 9.41. The number of ether oxygens (including phenoxy) is 2. The van der Waals surface area contributed by atoms with Crippen molar-refractivity contribution in [1.29, 1.82) is 0 Å². The van der Waals surface area contributed by atoms with Gasteiger partial charge >= 0.3 is 0 Å². The minimum atomic E-state index is -2.26. The number of carbonyl (C=O) groups excluding carboxylic acids is 2. The first-order valence-corrected chi connectivity index (χ1v) is 12.1. The number of allylic oxidation sites excluding steroid dienone is 8. The highest BCUT2D eigenvalue weighted by Gasteiger charge is 2.99. The lowest BCUT2D eigenvalue weighted by atomic mass is 9.39. The number of carbonyl (C=O) groups is 2. The van der Waals surface area contributed by atoms with Crippen molar-refractivity contribution in [3.8, 4) is 0 Å². The highest BCUT2D eigenvalue weighted by atomic mass is 16.8. The van der Waals surface area contributed by atoms with Crippen molar-refractivity contribution < 1.29 is 39.5 Å². The van der Waals surface area contributed by atoms with E-state index >= 15 is 0 Å². The molecule has 8 nitrogen and oxygen atoms in total. The first-order chi connectivity index (χ1) is 16.7. The Bertz CT molecular complexity index is 1190. The molecule has 2 saturated heterocycles. The van der Waals surface area contributed by atoms with Crippen LogP contribution < -0.4 is 0 Å². The molecular formula is C28H32O8. The summed E-state index contributed by atoms with van der Waals surface area (Å²) < 4.78 is 12.5. The third-order valence-corrected chi connectivity index (χ3v) is 9.41. The predicted molar refractivity (Wildman–Crippen MR) is 129 cm³/mol. The van der Waals surface area contributed by atoms with E-state index in [-0.39, 0.29) is 22.7 Å². The molecule has 8 bridgehead atoms. The molecule has 0 amide bonds. The van der Waals surface area contributed by atoms with Gasteiger partial charge in [0.15, 0.2) is 11.6 Å². The zero-order valence-corrected chi connectivity index (χ0v) is 21.2. The van der Waals surface area contributed by atoms with Crippen LogP contribution in [-0.4, -0.2) is 54.8 Å². The largest absolute Gasteiger partial charge is 0.508 e. The molecule has 4 N–H and O–H groups in total. The van der Waals surface area contributed by atoms with Crippen molar-refractivity contribution in [3.05, 3.63) is 71.3 Å². The predicted octanol–water partition coefficient (Wildman–Crippen LogP) is 3.25. The van der Waals surface area contributed by atoms with Crippen LogP contribution in [0.25, 0.3) is 0 Å². The zero-order valence-electron chi connectivity index (χ0n) is 21.2. The minimum absolute atomic E-state index is 0.113. The van der Waals surface area contributed by atoms with E-state index in [2.05, 4.69) is 0 Å². The fraction of sp³-hybridized carbons (Fsp3) is 0.500. The maximum Gasteiger partial charge on any atom is 0.210 e. The Labute approximate surface area is 209 Å². The summed E-state index contributed by atoms with van der Waals surface area (Å²) in [5.74, 6) is -9.12. The maximum atomic E-state index is 14.3. The number of ketones is 2. The van der Waals surface area contributed by atoms with Gasteiger partial charge in [-0.15, -0.1) is 0 Å². The molecule has 3 saturated carbocycles. The normalized spacial score (nSPS) is 51.8. The zero-order chi connectivity index (χ0) is 26.7. The Balaban J connectivity index is 1.93. The molecule has 5 rings (SSSR count). The van der Waals surface area contributed by atoms with E-state index in [1.165, 1.54) is 39.8 Å². The Morgan fingerprint density at radius 1 is 0.694 bits per heavy atom. The second-order valence-corrected chi connectivity index (χ2v) is 11.0. The molecule has 0 radical (unpaired) electrons. The van der Waals surface area contributed by atoms with Gasteiger partial charge in [0.05, 0.1) is 10.8 Å².